The van der Waals surface area contributed by atoms with Gasteiger partial charge in [-0.2, -0.15) is 16.9 Å². The third-order valence-electron chi connectivity index (χ3n) is 4.14. The van der Waals surface area contributed by atoms with E-state index in [1.54, 1.807) is 0 Å². The van der Waals surface area contributed by atoms with Crippen molar-refractivity contribution in [2.24, 2.45) is 0 Å². The monoisotopic (exact) mass is 328 g/mol. The second kappa shape index (κ2) is 7.21. The summed E-state index contributed by atoms with van der Waals surface area (Å²) in [4.78, 5) is 4.58. The van der Waals surface area contributed by atoms with Crippen LogP contribution in [0.2, 0.25) is 0 Å². The van der Waals surface area contributed by atoms with E-state index in [1.165, 1.54) is 29.5 Å². The molecule has 1 aromatic carbocycles. The number of rotatable bonds is 7. The number of unbranched alkanes of at least 4 members (excludes halogenated alkanes) is 1. The third kappa shape index (κ3) is 3.29. The van der Waals surface area contributed by atoms with Crippen molar-refractivity contribution in [2.75, 3.05) is 17.7 Å². The van der Waals surface area contributed by atoms with Gasteiger partial charge in [-0.1, -0.05) is 19.1 Å². The minimum Gasteiger partial charge on any atom is -0.382 e. The van der Waals surface area contributed by atoms with E-state index in [0.29, 0.717) is 5.82 Å². The van der Waals surface area contributed by atoms with Crippen LogP contribution < -0.4 is 5.73 Å². The molecule has 2 N–H and O–H groups in total. The number of nitrogen functional groups attached to an aromatic ring is 1. The Morgan fingerprint density at radius 3 is 2.91 bits per heavy atom. The summed E-state index contributed by atoms with van der Waals surface area (Å²) < 4.78 is 1.99. The van der Waals surface area contributed by atoms with Gasteiger partial charge in [0.25, 0.3) is 0 Å². The molecule has 0 bridgehead atoms. The first-order valence-electron chi connectivity index (χ1n) is 8.27. The molecule has 0 fully saturated rings. The van der Waals surface area contributed by atoms with Gasteiger partial charge in [0.15, 0.2) is 5.82 Å². The van der Waals surface area contributed by atoms with Crippen molar-refractivity contribution in [1.82, 2.24) is 14.8 Å². The first-order chi connectivity index (χ1) is 11.2. The second-order valence-corrected chi connectivity index (χ2v) is 6.90. The molecule has 0 amide bonds. The molecule has 0 spiro atoms. The molecule has 0 aliphatic rings. The van der Waals surface area contributed by atoms with Gasteiger partial charge in [-0.25, -0.2) is 4.98 Å². The lowest BCUT2D eigenvalue weighted by Crippen LogP contribution is -1.97. The van der Waals surface area contributed by atoms with Gasteiger partial charge in [-0.3, -0.25) is 4.68 Å². The van der Waals surface area contributed by atoms with Gasteiger partial charge in [-0.15, -0.1) is 0 Å². The molecule has 3 aromatic rings. The van der Waals surface area contributed by atoms with Crippen molar-refractivity contribution in [3.05, 3.63) is 30.0 Å². The summed E-state index contributed by atoms with van der Waals surface area (Å²) in [6, 6.07) is 6.35. The van der Waals surface area contributed by atoms with Gasteiger partial charge >= 0.3 is 0 Å². The van der Waals surface area contributed by atoms with Gasteiger partial charge in [0, 0.05) is 23.5 Å². The normalized spacial score (nSPS) is 11.6. The number of anilines is 1. The molecule has 0 radical (unpaired) electrons. The van der Waals surface area contributed by atoms with Crippen LogP contribution in [0.15, 0.2) is 24.4 Å². The average molecular weight is 328 g/mol. The zero-order valence-electron chi connectivity index (χ0n) is 13.9. The first-order valence-corrected chi connectivity index (χ1v) is 9.67. The molecule has 0 unspecified atom stereocenters. The van der Waals surface area contributed by atoms with Gasteiger partial charge < -0.3 is 5.73 Å². The van der Waals surface area contributed by atoms with E-state index in [1.807, 2.05) is 22.5 Å². The largest absolute Gasteiger partial charge is 0.382 e. The Morgan fingerprint density at radius 2 is 2.13 bits per heavy atom. The van der Waals surface area contributed by atoms with Crippen LogP contribution in [0.5, 0.6) is 0 Å². The van der Waals surface area contributed by atoms with Crippen LogP contribution in [0.25, 0.3) is 21.8 Å². The highest BCUT2D eigenvalue weighted by atomic mass is 32.2. The highest BCUT2D eigenvalue weighted by Crippen LogP contribution is 2.30. The SMILES string of the molecule is CCCn1cc2c(n1)c(N)nc1cccc(CCCCSC)c12. The predicted octanol–water partition coefficient (Wildman–Crippen LogP) is 4.26. The van der Waals surface area contributed by atoms with Gasteiger partial charge in [-0.05, 0) is 49.3 Å². The fourth-order valence-electron chi connectivity index (χ4n) is 3.08. The number of nitrogens with two attached hydrogens (primary N) is 1. The van der Waals surface area contributed by atoms with Crippen molar-refractivity contribution in [1.29, 1.82) is 0 Å². The molecule has 2 heterocycles. The highest BCUT2D eigenvalue weighted by Gasteiger charge is 2.13. The van der Waals surface area contributed by atoms with Crippen molar-refractivity contribution >= 4 is 39.4 Å². The van der Waals surface area contributed by atoms with Crippen LogP contribution in [0, 0.1) is 0 Å². The molecule has 4 nitrogen and oxygen atoms in total. The molecular formula is C18H24N4S. The van der Waals surface area contributed by atoms with E-state index >= 15 is 0 Å². The summed E-state index contributed by atoms with van der Waals surface area (Å²) in [5.41, 5.74) is 9.31. The Morgan fingerprint density at radius 1 is 1.26 bits per heavy atom. The molecule has 5 heteroatoms. The van der Waals surface area contributed by atoms with Crippen molar-refractivity contribution in [2.45, 2.75) is 39.2 Å². The Balaban J connectivity index is 2.08. The lowest BCUT2D eigenvalue weighted by molar-refractivity contribution is 0.609. The van der Waals surface area contributed by atoms with E-state index in [-0.39, 0.29) is 0 Å². The fraction of sp³-hybridized carbons (Fsp3) is 0.444. The standard InChI is InChI=1S/C18H24N4S/c1-3-10-22-12-14-16-13(7-4-5-11-23-2)8-6-9-15(16)20-18(19)17(14)21-22/h6,8-9,12H,3-5,7,10-11H2,1-2H3,(H2,19,20). The van der Waals surface area contributed by atoms with E-state index < -0.39 is 0 Å². The summed E-state index contributed by atoms with van der Waals surface area (Å²) in [7, 11) is 0. The van der Waals surface area contributed by atoms with Crippen LogP contribution in [0.4, 0.5) is 5.82 Å². The molecule has 3 rings (SSSR count). The quantitative estimate of drug-likeness (QED) is 0.658. The van der Waals surface area contributed by atoms with Crippen molar-refractivity contribution in [3.8, 4) is 0 Å². The highest BCUT2D eigenvalue weighted by molar-refractivity contribution is 7.98. The van der Waals surface area contributed by atoms with Crippen LogP contribution in [0.1, 0.15) is 31.7 Å². The number of aromatic nitrogens is 3. The van der Waals surface area contributed by atoms with Crippen LogP contribution in [0.3, 0.4) is 0 Å². The zero-order chi connectivity index (χ0) is 16.2. The van der Waals surface area contributed by atoms with Crippen LogP contribution in [-0.2, 0) is 13.0 Å². The van der Waals surface area contributed by atoms with Gasteiger partial charge in [0.1, 0.15) is 5.52 Å². The van der Waals surface area contributed by atoms with E-state index in [4.69, 9.17) is 5.73 Å². The summed E-state index contributed by atoms with van der Waals surface area (Å²) in [6.07, 6.45) is 8.88. The number of hydrogen-bond donors (Lipinski definition) is 1. The maximum Gasteiger partial charge on any atom is 0.152 e. The Kier molecular flexibility index (Phi) is 5.06. The van der Waals surface area contributed by atoms with Crippen LogP contribution in [-0.4, -0.2) is 26.8 Å². The van der Waals surface area contributed by atoms with E-state index in [9.17, 15) is 0 Å². The summed E-state index contributed by atoms with van der Waals surface area (Å²) >= 11 is 1.91. The third-order valence-corrected chi connectivity index (χ3v) is 4.84. The molecule has 0 saturated heterocycles. The minimum absolute atomic E-state index is 0.530. The molecule has 2 aromatic heterocycles. The maximum atomic E-state index is 6.13. The Bertz CT molecular complexity index is 809. The summed E-state index contributed by atoms with van der Waals surface area (Å²) in [6.45, 7) is 3.06. The number of hydrogen-bond acceptors (Lipinski definition) is 4. The van der Waals surface area contributed by atoms with Crippen LogP contribution >= 0.6 is 11.8 Å². The molecule has 0 aliphatic heterocycles. The predicted molar refractivity (Wildman–Crippen MR) is 101 cm³/mol. The topological polar surface area (TPSA) is 56.7 Å². The Hall–Kier alpha value is -1.75. The van der Waals surface area contributed by atoms with E-state index in [2.05, 4.69) is 41.6 Å². The minimum atomic E-state index is 0.530. The molecule has 122 valence electrons. The summed E-state index contributed by atoms with van der Waals surface area (Å²) in [5.74, 6) is 1.75. The van der Waals surface area contributed by atoms with Crippen molar-refractivity contribution < 1.29 is 0 Å². The second-order valence-electron chi connectivity index (χ2n) is 5.91. The maximum absolute atomic E-state index is 6.13. The number of benzene rings is 1. The lowest BCUT2D eigenvalue weighted by Gasteiger charge is -2.08. The molecular weight excluding hydrogens is 304 g/mol. The molecule has 0 atom stereocenters. The van der Waals surface area contributed by atoms with Gasteiger partial charge in [0.2, 0.25) is 0 Å². The number of nitrogens with zero attached hydrogens (tertiary/aromatic N) is 3. The zero-order valence-corrected chi connectivity index (χ0v) is 14.7. The number of thioether (sulfide) groups is 1. The fourth-order valence-corrected chi connectivity index (χ4v) is 3.57. The first kappa shape index (κ1) is 16.1. The van der Waals surface area contributed by atoms with Crippen molar-refractivity contribution in [3.63, 3.8) is 0 Å². The molecule has 23 heavy (non-hydrogen) atoms. The summed E-state index contributed by atoms with van der Waals surface area (Å²) in [5, 5.41) is 6.99. The molecule has 0 aliphatic carbocycles. The number of pyridine rings is 1. The average Bonchev–Trinajstić information content (AvgIpc) is 2.96. The smallest absolute Gasteiger partial charge is 0.152 e. The number of fused-ring (bicyclic) bond motifs is 3. The number of aryl methyl sites for hydroxylation is 2. The van der Waals surface area contributed by atoms with E-state index in [0.717, 1.165) is 35.8 Å². The van der Waals surface area contributed by atoms with Gasteiger partial charge in [0.05, 0.1) is 5.52 Å². The molecule has 0 saturated carbocycles. The Labute approximate surface area is 141 Å². The lowest BCUT2D eigenvalue weighted by atomic mass is 10.0.